The van der Waals surface area contributed by atoms with E-state index in [-0.39, 0.29) is 30.4 Å². The Kier molecular flexibility index (Phi) is 8.40. The molecule has 0 saturated carbocycles. The van der Waals surface area contributed by atoms with Crippen LogP contribution in [-0.2, 0) is 11.2 Å². The summed E-state index contributed by atoms with van der Waals surface area (Å²) in [4.78, 5) is 23.7. The van der Waals surface area contributed by atoms with E-state index in [9.17, 15) is 18.4 Å². The fraction of sp³-hybridized carbons (Fsp3) is 0.333. The molecule has 7 nitrogen and oxygen atoms in total. The molecule has 0 aliphatic carbocycles. The number of ether oxygens (including phenoxy) is 2. The SMILES string of the molecule is COc1ccc(CCNC(=O)CC(NC(N)=O)c2ccccc2C)cc1OC(F)F. The van der Waals surface area contributed by atoms with E-state index >= 15 is 0 Å². The van der Waals surface area contributed by atoms with Crippen LogP contribution in [0.1, 0.15) is 29.2 Å². The fourth-order valence-electron chi connectivity index (χ4n) is 3.06. The van der Waals surface area contributed by atoms with Crippen LogP contribution in [-0.4, -0.2) is 32.2 Å². The molecule has 0 saturated heterocycles. The number of hydrogen-bond donors (Lipinski definition) is 3. The lowest BCUT2D eigenvalue weighted by molar-refractivity contribution is -0.121. The molecular formula is C21H25F2N3O4. The number of nitrogens with two attached hydrogens (primary N) is 1. The highest BCUT2D eigenvalue weighted by Gasteiger charge is 2.19. The Bertz CT molecular complexity index is 877. The highest BCUT2D eigenvalue weighted by molar-refractivity contribution is 5.78. The maximum Gasteiger partial charge on any atom is 0.387 e. The summed E-state index contributed by atoms with van der Waals surface area (Å²) in [6, 6.07) is 10.8. The molecule has 0 aliphatic rings. The molecule has 0 aromatic heterocycles. The maximum atomic E-state index is 12.5. The number of halogens is 2. The lowest BCUT2D eigenvalue weighted by Gasteiger charge is -2.19. The van der Waals surface area contributed by atoms with E-state index in [1.54, 1.807) is 6.07 Å². The molecule has 0 spiro atoms. The van der Waals surface area contributed by atoms with Gasteiger partial charge < -0.3 is 25.8 Å². The van der Waals surface area contributed by atoms with Crippen molar-refractivity contribution in [2.45, 2.75) is 32.4 Å². The third-order valence-corrected chi connectivity index (χ3v) is 4.45. The largest absolute Gasteiger partial charge is 0.493 e. The van der Waals surface area contributed by atoms with Gasteiger partial charge in [-0.2, -0.15) is 8.78 Å². The number of benzene rings is 2. The normalized spacial score (nSPS) is 11.6. The van der Waals surface area contributed by atoms with Crippen molar-refractivity contribution in [3.63, 3.8) is 0 Å². The average Bonchev–Trinajstić information content (AvgIpc) is 2.67. The third-order valence-electron chi connectivity index (χ3n) is 4.45. The van der Waals surface area contributed by atoms with Gasteiger partial charge in [-0.3, -0.25) is 4.79 Å². The molecule has 0 aliphatic heterocycles. The zero-order valence-corrected chi connectivity index (χ0v) is 16.8. The molecule has 0 radical (unpaired) electrons. The Labute approximate surface area is 173 Å². The molecule has 0 bridgehead atoms. The van der Waals surface area contributed by atoms with E-state index in [1.165, 1.54) is 19.2 Å². The molecule has 3 amide bonds. The minimum atomic E-state index is -2.97. The van der Waals surface area contributed by atoms with Gasteiger partial charge in [-0.1, -0.05) is 30.3 Å². The number of aryl methyl sites for hydroxylation is 1. The molecular weight excluding hydrogens is 396 g/mol. The Morgan fingerprint density at radius 2 is 1.87 bits per heavy atom. The second-order valence-electron chi connectivity index (χ2n) is 6.59. The van der Waals surface area contributed by atoms with E-state index in [0.717, 1.165) is 11.1 Å². The van der Waals surface area contributed by atoms with Gasteiger partial charge in [-0.25, -0.2) is 4.79 Å². The van der Waals surface area contributed by atoms with Gasteiger partial charge >= 0.3 is 12.6 Å². The maximum absolute atomic E-state index is 12.5. The number of hydrogen-bond acceptors (Lipinski definition) is 4. The monoisotopic (exact) mass is 421 g/mol. The van der Waals surface area contributed by atoms with Gasteiger partial charge in [-0.05, 0) is 42.2 Å². The summed E-state index contributed by atoms with van der Waals surface area (Å²) in [5, 5.41) is 5.35. The number of carbonyl (C=O) groups excluding carboxylic acids is 2. The highest BCUT2D eigenvalue weighted by Crippen LogP contribution is 2.29. The van der Waals surface area contributed by atoms with Crippen molar-refractivity contribution in [1.29, 1.82) is 0 Å². The zero-order chi connectivity index (χ0) is 22.1. The minimum Gasteiger partial charge on any atom is -0.493 e. The number of alkyl halides is 2. The van der Waals surface area contributed by atoms with Crippen LogP contribution in [0, 0.1) is 6.92 Å². The Hall–Kier alpha value is -3.36. The quantitative estimate of drug-likeness (QED) is 0.549. The first kappa shape index (κ1) is 22.9. The predicted molar refractivity (Wildman–Crippen MR) is 108 cm³/mol. The van der Waals surface area contributed by atoms with E-state index in [1.807, 2.05) is 31.2 Å². The Balaban J connectivity index is 1.96. The van der Waals surface area contributed by atoms with Crippen molar-refractivity contribution >= 4 is 11.9 Å². The van der Waals surface area contributed by atoms with Crippen LogP contribution in [0.15, 0.2) is 42.5 Å². The summed E-state index contributed by atoms with van der Waals surface area (Å²) in [7, 11) is 1.36. The van der Waals surface area contributed by atoms with Gasteiger partial charge in [0.2, 0.25) is 5.91 Å². The first-order chi connectivity index (χ1) is 14.3. The highest BCUT2D eigenvalue weighted by atomic mass is 19.3. The lowest BCUT2D eigenvalue weighted by Crippen LogP contribution is -2.37. The summed E-state index contributed by atoms with van der Waals surface area (Å²) >= 11 is 0. The summed E-state index contributed by atoms with van der Waals surface area (Å²) in [5.74, 6) is -0.155. The summed E-state index contributed by atoms with van der Waals surface area (Å²) in [5.41, 5.74) is 7.67. The van der Waals surface area contributed by atoms with Gasteiger partial charge in [-0.15, -0.1) is 0 Å². The van der Waals surface area contributed by atoms with Gasteiger partial charge in [0.15, 0.2) is 11.5 Å². The van der Waals surface area contributed by atoms with Crippen molar-refractivity contribution in [2.24, 2.45) is 5.73 Å². The van der Waals surface area contributed by atoms with Gasteiger partial charge in [0.05, 0.1) is 19.6 Å². The molecule has 2 rings (SSSR count). The first-order valence-electron chi connectivity index (χ1n) is 9.30. The predicted octanol–water partition coefficient (Wildman–Crippen LogP) is 3.06. The fourth-order valence-corrected chi connectivity index (χ4v) is 3.06. The smallest absolute Gasteiger partial charge is 0.387 e. The number of methoxy groups -OCH3 is 1. The molecule has 0 fully saturated rings. The number of nitrogens with one attached hydrogen (secondary N) is 2. The van der Waals surface area contributed by atoms with Crippen molar-refractivity contribution < 1.29 is 27.8 Å². The van der Waals surface area contributed by atoms with Crippen LogP contribution in [0.2, 0.25) is 0 Å². The number of urea groups is 1. The molecule has 1 unspecified atom stereocenters. The number of rotatable bonds is 10. The van der Waals surface area contributed by atoms with Gasteiger partial charge in [0, 0.05) is 6.54 Å². The average molecular weight is 421 g/mol. The molecule has 2 aromatic rings. The standard InChI is InChI=1S/C21H25F2N3O4/c1-13-5-3-4-6-15(13)16(26-21(24)28)12-19(27)25-10-9-14-7-8-17(29-2)18(11-14)30-20(22)23/h3-8,11,16,20H,9-10,12H2,1-2H3,(H,25,27)(H3,24,26,28). The third kappa shape index (κ3) is 6.91. The molecule has 162 valence electrons. The molecule has 1 atom stereocenters. The summed E-state index contributed by atoms with van der Waals surface area (Å²) in [6.45, 7) is -0.813. The molecule has 4 N–H and O–H groups in total. The van der Waals surface area contributed by atoms with Crippen molar-refractivity contribution in [2.75, 3.05) is 13.7 Å². The van der Waals surface area contributed by atoms with E-state index in [2.05, 4.69) is 15.4 Å². The van der Waals surface area contributed by atoms with E-state index in [4.69, 9.17) is 10.5 Å². The van der Waals surface area contributed by atoms with Crippen LogP contribution < -0.4 is 25.8 Å². The second-order valence-corrected chi connectivity index (χ2v) is 6.59. The summed E-state index contributed by atoms with van der Waals surface area (Å²) in [6.07, 6.45) is 0.407. The van der Waals surface area contributed by atoms with Crippen molar-refractivity contribution in [3.8, 4) is 11.5 Å². The Morgan fingerprint density at radius 1 is 1.13 bits per heavy atom. The number of carbonyl (C=O) groups is 2. The van der Waals surface area contributed by atoms with Gasteiger partial charge in [0.25, 0.3) is 0 Å². The van der Waals surface area contributed by atoms with Crippen molar-refractivity contribution in [3.05, 3.63) is 59.2 Å². The molecule has 0 heterocycles. The molecule has 30 heavy (non-hydrogen) atoms. The van der Waals surface area contributed by atoms with Crippen LogP contribution >= 0.6 is 0 Å². The first-order valence-corrected chi connectivity index (χ1v) is 9.30. The van der Waals surface area contributed by atoms with E-state index < -0.39 is 18.7 Å². The van der Waals surface area contributed by atoms with E-state index in [0.29, 0.717) is 12.0 Å². The summed E-state index contributed by atoms with van der Waals surface area (Å²) < 4.78 is 34.5. The van der Waals surface area contributed by atoms with Crippen LogP contribution in [0.5, 0.6) is 11.5 Å². The van der Waals surface area contributed by atoms with Crippen LogP contribution in [0.3, 0.4) is 0 Å². The molecule has 2 aromatic carbocycles. The van der Waals surface area contributed by atoms with Gasteiger partial charge in [0.1, 0.15) is 0 Å². The Morgan fingerprint density at radius 3 is 2.50 bits per heavy atom. The molecule has 9 heteroatoms. The minimum absolute atomic E-state index is 0.0101. The number of primary amides is 1. The van der Waals surface area contributed by atoms with Crippen molar-refractivity contribution in [1.82, 2.24) is 10.6 Å². The van der Waals surface area contributed by atoms with Crippen LogP contribution in [0.25, 0.3) is 0 Å². The topological polar surface area (TPSA) is 103 Å². The number of amides is 3. The lowest BCUT2D eigenvalue weighted by atomic mass is 9.98. The van der Waals surface area contributed by atoms with Crippen LogP contribution in [0.4, 0.5) is 13.6 Å². The zero-order valence-electron chi connectivity index (χ0n) is 16.8. The second kappa shape index (κ2) is 11.0.